The topological polar surface area (TPSA) is 128 Å². The molecule has 0 bridgehead atoms. The van der Waals surface area contributed by atoms with E-state index in [-0.39, 0.29) is 18.2 Å². The van der Waals surface area contributed by atoms with Gasteiger partial charge in [-0.05, 0) is 35.9 Å². The van der Waals surface area contributed by atoms with Crippen LogP contribution in [0.2, 0.25) is 0 Å². The van der Waals surface area contributed by atoms with Gasteiger partial charge in [-0.1, -0.05) is 0 Å². The Bertz CT molecular complexity index is 936. The minimum atomic E-state index is -1.04. The van der Waals surface area contributed by atoms with Gasteiger partial charge in [-0.15, -0.1) is 5.10 Å². The average molecular weight is 412 g/mol. The zero-order chi connectivity index (χ0) is 21.7. The highest BCUT2D eigenvalue weighted by molar-refractivity contribution is 5.96. The number of aromatic nitrogens is 2. The number of carboxylic acid groups (broad SMARTS) is 1. The summed E-state index contributed by atoms with van der Waals surface area (Å²) in [5.41, 5.74) is 1.99. The van der Waals surface area contributed by atoms with E-state index in [1.807, 2.05) is 0 Å². The molecule has 1 aromatic carbocycles. The van der Waals surface area contributed by atoms with Gasteiger partial charge >= 0.3 is 5.97 Å². The third-order valence-electron chi connectivity index (χ3n) is 4.91. The molecule has 2 amide bonds. The van der Waals surface area contributed by atoms with Crippen LogP contribution in [0.5, 0.6) is 0 Å². The van der Waals surface area contributed by atoms with E-state index in [4.69, 9.17) is 5.11 Å². The van der Waals surface area contributed by atoms with Crippen LogP contribution in [0.3, 0.4) is 0 Å². The van der Waals surface area contributed by atoms with Crippen LogP contribution in [0, 0.1) is 0 Å². The number of carbonyl (C=O) groups is 3. The summed E-state index contributed by atoms with van der Waals surface area (Å²) in [6.45, 7) is 1.18. The summed E-state index contributed by atoms with van der Waals surface area (Å²) in [6.07, 6.45) is 1.29. The van der Waals surface area contributed by atoms with Crippen molar-refractivity contribution in [1.29, 1.82) is 0 Å². The van der Waals surface area contributed by atoms with Crippen molar-refractivity contribution in [2.24, 2.45) is 0 Å². The highest BCUT2D eigenvalue weighted by atomic mass is 16.4. The van der Waals surface area contributed by atoms with E-state index in [0.717, 1.165) is 11.3 Å². The monoisotopic (exact) mass is 412 g/mol. The van der Waals surface area contributed by atoms with E-state index >= 15 is 0 Å². The Hall–Kier alpha value is -3.69. The second-order valence-electron chi connectivity index (χ2n) is 7.05. The van der Waals surface area contributed by atoms with Crippen molar-refractivity contribution in [3.8, 4) is 0 Å². The zero-order valence-corrected chi connectivity index (χ0v) is 16.8. The number of amides is 2. The fraction of sp³-hybridized carbons (Fsp3) is 0.350. The fourth-order valence-electron chi connectivity index (χ4n) is 3.37. The van der Waals surface area contributed by atoms with Crippen LogP contribution in [0.25, 0.3) is 0 Å². The van der Waals surface area contributed by atoms with Crippen molar-refractivity contribution >= 4 is 29.3 Å². The zero-order valence-electron chi connectivity index (χ0n) is 16.8. The summed E-state index contributed by atoms with van der Waals surface area (Å²) < 4.78 is 0. The first-order valence-corrected chi connectivity index (χ1v) is 9.49. The Morgan fingerprint density at radius 2 is 2.03 bits per heavy atom. The fourth-order valence-corrected chi connectivity index (χ4v) is 3.37. The van der Waals surface area contributed by atoms with Gasteiger partial charge in [0.25, 0.3) is 5.91 Å². The SMILES string of the molecule is CN1Cc2cc(C(=O)NCCNc3cccnn3)ccc2N(C)C(CC(=O)O)C1=O. The van der Waals surface area contributed by atoms with Gasteiger partial charge in [-0.25, -0.2) is 0 Å². The summed E-state index contributed by atoms with van der Waals surface area (Å²) in [6, 6.07) is 7.93. The number of nitrogens with zero attached hydrogens (tertiary/aromatic N) is 4. The number of fused-ring (bicyclic) bond motifs is 1. The van der Waals surface area contributed by atoms with Crippen molar-refractivity contribution in [3.63, 3.8) is 0 Å². The summed E-state index contributed by atoms with van der Waals surface area (Å²) >= 11 is 0. The van der Waals surface area contributed by atoms with Gasteiger partial charge in [0.15, 0.2) is 0 Å². The van der Waals surface area contributed by atoms with E-state index in [1.54, 1.807) is 55.5 Å². The molecule has 0 saturated heterocycles. The Kier molecular flexibility index (Phi) is 6.45. The average Bonchev–Trinajstić information content (AvgIpc) is 2.81. The molecule has 10 nitrogen and oxygen atoms in total. The van der Waals surface area contributed by atoms with Crippen LogP contribution >= 0.6 is 0 Å². The number of likely N-dealkylation sites (N-methyl/N-ethyl adjacent to an activating group) is 2. The number of benzene rings is 1. The molecule has 0 spiro atoms. The van der Waals surface area contributed by atoms with Crippen molar-refractivity contribution in [2.45, 2.75) is 19.0 Å². The second kappa shape index (κ2) is 9.21. The molecule has 2 heterocycles. The molecule has 1 unspecified atom stereocenters. The maximum atomic E-state index is 12.6. The molecule has 0 saturated carbocycles. The van der Waals surface area contributed by atoms with Gasteiger partial charge in [-0.2, -0.15) is 5.10 Å². The Balaban J connectivity index is 1.67. The van der Waals surface area contributed by atoms with E-state index in [0.29, 0.717) is 31.0 Å². The first-order valence-electron chi connectivity index (χ1n) is 9.49. The van der Waals surface area contributed by atoms with Gasteiger partial charge in [0.2, 0.25) is 5.91 Å². The van der Waals surface area contributed by atoms with E-state index < -0.39 is 12.0 Å². The predicted molar refractivity (Wildman–Crippen MR) is 110 cm³/mol. The number of aliphatic carboxylic acids is 1. The van der Waals surface area contributed by atoms with Crippen molar-refractivity contribution in [3.05, 3.63) is 47.7 Å². The van der Waals surface area contributed by atoms with Gasteiger partial charge in [0, 0.05) is 51.2 Å². The highest BCUT2D eigenvalue weighted by Gasteiger charge is 2.33. The number of carbonyl (C=O) groups excluding carboxylic acids is 2. The molecule has 1 atom stereocenters. The van der Waals surface area contributed by atoms with E-state index in [1.165, 1.54) is 4.90 Å². The molecule has 0 fully saturated rings. The lowest BCUT2D eigenvalue weighted by molar-refractivity contribution is -0.141. The summed E-state index contributed by atoms with van der Waals surface area (Å²) in [4.78, 5) is 39.5. The normalized spacial score (nSPS) is 15.9. The molecule has 1 aromatic heterocycles. The third-order valence-corrected chi connectivity index (χ3v) is 4.91. The minimum Gasteiger partial charge on any atom is -0.481 e. The molecular formula is C20H24N6O4. The maximum Gasteiger partial charge on any atom is 0.305 e. The number of anilines is 2. The second-order valence-corrected chi connectivity index (χ2v) is 7.05. The molecule has 158 valence electrons. The van der Waals surface area contributed by atoms with Crippen LogP contribution in [0.1, 0.15) is 22.3 Å². The molecule has 1 aliphatic heterocycles. The quantitative estimate of drug-likeness (QED) is 0.563. The smallest absolute Gasteiger partial charge is 0.305 e. The Morgan fingerprint density at radius 3 is 2.73 bits per heavy atom. The van der Waals surface area contributed by atoms with Crippen molar-refractivity contribution in [1.82, 2.24) is 20.4 Å². The van der Waals surface area contributed by atoms with Crippen LogP contribution in [-0.4, -0.2) is 71.2 Å². The predicted octanol–water partition coefficient (Wildman–Crippen LogP) is 0.570. The standard InChI is InChI=1S/C20H24N6O4/c1-25-12-14-10-13(19(29)22-9-8-21-17-4-3-7-23-24-17)5-6-15(14)26(2)16(20(25)30)11-18(27)28/h3-7,10,16H,8-9,11-12H2,1-2H3,(H,21,24)(H,22,29)(H,27,28). The molecule has 3 rings (SSSR count). The Labute approximate surface area is 173 Å². The van der Waals surface area contributed by atoms with Crippen LogP contribution in [0.15, 0.2) is 36.5 Å². The number of carboxylic acids is 1. The number of rotatable bonds is 7. The van der Waals surface area contributed by atoms with Crippen LogP contribution in [-0.2, 0) is 16.1 Å². The molecule has 3 N–H and O–H groups in total. The molecule has 10 heteroatoms. The lowest BCUT2D eigenvalue weighted by Crippen LogP contribution is -2.44. The number of hydrogen-bond donors (Lipinski definition) is 3. The largest absolute Gasteiger partial charge is 0.481 e. The Morgan fingerprint density at radius 1 is 1.23 bits per heavy atom. The van der Waals surface area contributed by atoms with Crippen LogP contribution in [0.4, 0.5) is 11.5 Å². The maximum absolute atomic E-state index is 12.6. The van der Waals surface area contributed by atoms with Gasteiger partial charge in [-0.3, -0.25) is 14.4 Å². The molecular weight excluding hydrogens is 388 g/mol. The van der Waals surface area contributed by atoms with E-state index in [2.05, 4.69) is 20.8 Å². The van der Waals surface area contributed by atoms with Crippen LogP contribution < -0.4 is 15.5 Å². The summed E-state index contributed by atoms with van der Waals surface area (Å²) in [5, 5.41) is 22.7. The highest BCUT2D eigenvalue weighted by Crippen LogP contribution is 2.29. The number of hydrogen-bond acceptors (Lipinski definition) is 7. The lowest BCUT2D eigenvalue weighted by Gasteiger charge is -2.27. The molecule has 1 aliphatic rings. The third kappa shape index (κ3) is 4.83. The molecule has 0 radical (unpaired) electrons. The van der Waals surface area contributed by atoms with Gasteiger partial charge < -0.3 is 25.5 Å². The van der Waals surface area contributed by atoms with E-state index in [9.17, 15) is 14.4 Å². The minimum absolute atomic E-state index is 0.235. The van der Waals surface area contributed by atoms with Gasteiger partial charge in [0.1, 0.15) is 11.9 Å². The lowest BCUT2D eigenvalue weighted by atomic mass is 10.1. The molecule has 30 heavy (non-hydrogen) atoms. The molecule has 0 aliphatic carbocycles. The number of nitrogens with one attached hydrogen (secondary N) is 2. The molecule has 2 aromatic rings. The first-order chi connectivity index (χ1) is 14.4. The van der Waals surface area contributed by atoms with Crippen molar-refractivity contribution < 1.29 is 19.5 Å². The first kappa shape index (κ1) is 21.0. The van der Waals surface area contributed by atoms with Gasteiger partial charge in [0.05, 0.1) is 6.42 Å². The summed E-state index contributed by atoms with van der Waals surface area (Å²) in [5.74, 6) is -0.912. The summed E-state index contributed by atoms with van der Waals surface area (Å²) in [7, 11) is 3.33. The van der Waals surface area contributed by atoms with Crippen molar-refractivity contribution in [2.75, 3.05) is 37.4 Å².